The summed E-state index contributed by atoms with van der Waals surface area (Å²) in [6.45, 7) is 0. The topological polar surface area (TPSA) is 48.5 Å². The van der Waals surface area contributed by atoms with Crippen LogP contribution in [0, 0.1) is 0 Å². The van der Waals surface area contributed by atoms with Crippen LogP contribution in [0.4, 0.5) is 0 Å². The van der Waals surface area contributed by atoms with E-state index in [9.17, 15) is 0 Å². The first-order valence-corrected chi connectivity index (χ1v) is 20.3. The Bertz CT molecular complexity index is 3520. The van der Waals surface area contributed by atoms with Gasteiger partial charge in [-0.3, -0.25) is 4.98 Å². The molecule has 60 heavy (non-hydrogen) atoms. The summed E-state index contributed by atoms with van der Waals surface area (Å²) in [5.41, 5.74) is 14.0. The molecule has 0 bridgehead atoms. The molecule has 0 aliphatic carbocycles. The molecule has 0 N–H and O–H groups in total. The number of nitrogens with zero attached hydrogens (tertiary/aromatic N) is 5. The lowest BCUT2D eigenvalue weighted by molar-refractivity contribution is 1.16. The van der Waals surface area contributed by atoms with Crippen LogP contribution in [0.3, 0.4) is 0 Å². The van der Waals surface area contributed by atoms with Crippen molar-refractivity contribution in [3.05, 3.63) is 213 Å². The summed E-state index contributed by atoms with van der Waals surface area (Å²) in [4.78, 5) is 14.7. The molecule has 0 aliphatic heterocycles. The van der Waals surface area contributed by atoms with Crippen LogP contribution in [-0.4, -0.2) is 24.1 Å². The number of rotatable bonds is 6. The lowest BCUT2D eigenvalue weighted by Crippen LogP contribution is -1.97. The smallest absolute Gasteiger partial charge is 0.160 e. The fraction of sp³-hybridized carbons (Fsp3) is 0. The van der Waals surface area contributed by atoms with Crippen molar-refractivity contribution in [2.45, 2.75) is 0 Å². The Balaban J connectivity index is 0.997. The summed E-state index contributed by atoms with van der Waals surface area (Å²) in [6.07, 6.45) is 3.93. The average molecular weight is 766 g/mol. The standard InChI is InChI=1S/C55H35N5/c1-3-14-36(15-4-1)47-33-48(58-55(57-47)38-16-5-2-6-17-38)37-26-29-41(30-27-37)59-50-24-12-10-21-45(50)54-43(22-13-25-52(54)59)39-28-31-51-46(32-39)44-20-9-11-23-49(44)60(51)53-35-56-34-40-18-7-8-19-42(40)53/h1-35H. The van der Waals surface area contributed by atoms with Crippen molar-refractivity contribution in [2.24, 2.45) is 0 Å². The van der Waals surface area contributed by atoms with Gasteiger partial charge in [-0.15, -0.1) is 0 Å². The van der Waals surface area contributed by atoms with E-state index in [0.717, 1.165) is 66.9 Å². The molecular weight excluding hydrogens is 731 g/mol. The highest BCUT2D eigenvalue weighted by molar-refractivity contribution is 6.17. The Hall–Kier alpha value is -8.15. The normalized spacial score (nSPS) is 11.7. The molecule has 4 aromatic heterocycles. The predicted octanol–water partition coefficient (Wildman–Crippen LogP) is 13.9. The minimum Gasteiger partial charge on any atom is -0.309 e. The van der Waals surface area contributed by atoms with Gasteiger partial charge in [0.15, 0.2) is 5.82 Å². The van der Waals surface area contributed by atoms with E-state index in [4.69, 9.17) is 9.97 Å². The summed E-state index contributed by atoms with van der Waals surface area (Å²) in [7, 11) is 0. The summed E-state index contributed by atoms with van der Waals surface area (Å²) in [5.74, 6) is 0.708. The fourth-order valence-electron chi connectivity index (χ4n) is 9.07. The summed E-state index contributed by atoms with van der Waals surface area (Å²) in [6, 6.07) is 71.0. The molecule has 5 nitrogen and oxygen atoms in total. The monoisotopic (exact) mass is 765 g/mol. The largest absolute Gasteiger partial charge is 0.309 e. The maximum Gasteiger partial charge on any atom is 0.160 e. The molecule has 4 heterocycles. The Morgan fingerprint density at radius 1 is 0.350 bits per heavy atom. The van der Waals surface area contributed by atoms with Crippen LogP contribution < -0.4 is 0 Å². The van der Waals surface area contributed by atoms with E-state index >= 15 is 0 Å². The summed E-state index contributed by atoms with van der Waals surface area (Å²) in [5, 5.41) is 7.17. The van der Waals surface area contributed by atoms with Gasteiger partial charge in [0.05, 0.1) is 45.3 Å². The third kappa shape index (κ3) is 5.44. The molecule has 12 aromatic rings. The van der Waals surface area contributed by atoms with Crippen LogP contribution in [0.5, 0.6) is 0 Å². The van der Waals surface area contributed by atoms with Crippen molar-refractivity contribution >= 4 is 54.4 Å². The number of aromatic nitrogens is 5. The van der Waals surface area contributed by atoms with Crippen LogP contribution in [0.1, 0.15) is 0 Å². The second-order valence-electron chi connectivity index (χ2n) is 15.3. The van der Waals surface area contributed by atoms with E-state index in [1.807, 2.05) is 48.8 Å². The molecule has 0 atom stereocenters. The molecule has 0 aliphatic rings. The van der Waals surface area contributed by atoms with E-state index in [1.54, 1.807) is 0 Å². The number of pyridine rings is 1. The molecule has 0 spiro atoms. The van der Waals surface area contributed by atoms with Crippen molar-refractivity contribution in [1.29, 1.82) is 0 Å². The third-order valence-electron chi connectivity index (χ3n) is 11.8. The van der Waals surface area contributed by atoms with E-state index in [2.05, 4.69) is 178 Å². The molecule has 0 saturated carbocycles. The minimum absolute atomic E-state index is 0.708. The van der Waals surface area contributed by atoms with Crippen LogP contribution >= 0.6 is 0 Å². The highest BCUT2D eigenvalue weighted by atomic mass is 15.0. The molecule has 0 radical (unpaired) electrons. The lowest BCUT2D eigenvalue weighted by Gasteiger charge is -2.12. The van der Waals surface area contributed by atoms with Gasteiger partial charge < -0.3 is 9.13 Å². The zero-order valence-electron chi connectivity index (χ0n) is 32.4. The molecule has 0 unspecified atom stereocenters. The summed E-state index contributed by atoms with van der Waals surface area (Å²) < 4.78 is 4.76. The minimum atomic E-state index is 0.708. The second-order valence-corrected chi connectivity index (χ2v) is 15.3. The van der Waals surface area contributed by atoms with Crippen LogP contribution in [0.15, 0.2) is 213 Å². The van der Waals surface area contributed by atoms with Crippen molar-refractivity contribution in [1.82, 2.24) is 24.1 Å². The van der Waals surface area contributed by atoms with Crippen LogP contribution in [0.2, 0.25) is 0 Å². The molecule has 0 amide bonds. The zero-order valence-corrected chi connectivity index (χ0v) is 32.4. The highest BCUT2D eigenvalue weighted by Gasteiger charge is 2.19. The molecule has 0 fully saturated rings. The van der Waals surface area contributed by atoms with E-state index in [0.29, 0.717) is 5.82 Å². The first-order valence-electron chi connectivity index (χ1n) is 20.3. The van der Waals surface area contributed by atoms with Gasteiger partial charge in [-0.2, -0.15) is 0 Å². The molecular formula is C55H35N5. The molecule has 5 heteroatoms. The van der Waals surface area contributed by atoms with Gasteiger partial charge in [-0.1, -0.05) is 152 Å². The highest BCUT2D eigenvalue weighted by Crippen LogP contribution is 2.42. The second kappa shape index (κ2) is 13.8. The molecule has 8 aromatic carbocycles. The van der Waals surface area contributed by atoms with Gasteiger partial charge >= 0.3 is 0 Å². The maximum absolute atomic E-state index is 5.09. The Kier molecular flexibility index (Phi) is 7.78. The number of fused-ring (bicyclic) bond motifs is 7. The summed E-state index contributed by atoms with van der Waals surface area (Å²) >= 11 is 0. The predicted molar refractivity (Wildman–Crippen MR) is 248 cm³/mol. The van der Waals surface area contributed by atoms with Crippen LogP contribution in [-0.2, 0) is 0 Å². The Morgan fingerprint density at radius 3 is 1.70 bits per heavy atom. The van der Waals surface area contributed by atoms with Gasteiger partial charge in [0.25, 0.3) is 0 Å². The van der Waals surface area contributed by atoms with Crippen LogP contribution in [0.25, 0.3) is 111 Å². The van der Waals surface area contributed by atoms with Crippen molar-refractivity contribution in [2.75, 3.05) is 0 Å². The van der Waals surface area contributed by atoms with E-state index < -0.39 is 0 Å². The van der Waals surface area contributed by atoms with Gasteiger partial charge in [0.2, 0.25) is 0 Å². The number of benzene rings is 8. The average Bonchev–Trinajstić information content (AvgIpc) is 3.84. The zero-order chi connectivity index (χ0) is 39.6. The molecule has 0 saturated heterocycles. The number of para-hydroxylation sites is 2. The molecule has 12 rings (SSSR count). The first kappa shape index (κ1) is 33.9. The maximum atomic E-state index is 5.09. The van der Waals surface area contributed by atoms with E-state index in [1.165, 1.54) is 38.1 Å². The van der Waals surface area contributed by atoms with Gasteiger partial charge in [-0.25, -0.2) is 9.97 Å². The Labute approximate surface area is 346 Å². The third-order valence-corrected chi connectivity index (χ3v) is 11.8. The SMILES string of the molecule is c1ccc(-c2cc(-c3ccc(-n4c5ccccc5c5c(-c6ccc7c(c6)c6ccccc6n7-c6cncc7ccccc67)cccc54)cc3)nc(-c3ccccc3)n2)cc1. The van der Waals surface area contributed by atoms with Gasteiger partial charge in [0.1, 0.15) is 0 Å². The van der Waals surface area contributed by atoms with Crippen molar-refractivity contribution in [3.8, 4) is 56.4 Å². The quantitative estimate of drug-likeness (QED) is 0.169. The van der Waals surface area contributed by atoms with Gasteiger partial charge in [0, 0.05) is 60.9 Å². The van der Waals surface area contributed by atoms with E-state index in [-0.39, 0.29) is 0 Å². The number of hydrogen-bond donors (Lipinski definition) is 0. The van der Waals surface area contributed by atoms with Gasteiger partial charge in [-0.05, 0) is 59.7 Å². The fourth-order valence-corrected chi connectivity index (χ4v) is 9.07. The Morgan fingerprint density at radius 2 is 0.933 bits per heavy atom. The lowest BCUT2D eigenvalue weighted by atomic mass is 9.98. The number of hydrogen-bond acceptors (Lipinski definition) is 3. The van der Waals surface area contributed by atoms with Crippen molar-refractivity contribution in [3.63, 3.8) is 0 Å². The first-order chi connectivity index (χ1) is 29.8. The molecule has 280 valence electrons. The van der Waals surface area contributed by atoms with Crippen molar-refractivity contribution < 1.29 is 0 Å².